The lowest BCUT2D eigenvalue weighted by Gasteiger charge is -2.10. The lowest BCUT2D eigenvalue weighted by Crippen LogP contribution is -2.32. The number of carbonyl (C=O) groups excluding carboxylic acids is 1. The Morgan fingerprint density at radius 3 is 2.63 bits per heavy atom. The van der Waals surface area contributed by atoms with Crippen molar-refractivity contribution >= 4 is 11.7 Å². The fraction of sp³-hybridized carbons (Fsp3) is 0.273. The van der Waals surface area contributed by atoms with Crippen LogP contribution in [0.15, 0.2) is 18.2 Å². The number of rotatable bonds is 3. The Morgan fingerprint density at radius 2 is 2.05 bits per heavy atom. The summed E-state index contributed by atoms with van der Waals surface area (Å²) in [5.41, 5.74) is -0.0978. The molecular weight excluding hydrogens is 266 g/mol. The number of nitriles is 1. The largest absolute Gasteiger partial charge is 0.390 e. The highest BCUT2D eigenvalue weighted by atomic mass is 19.4. The predicted molar refractivity (Wildman–Crippen MR) is 58.8 cm³/mol. The van der Waals surface area contributed by atoms with Crippen molar-refractivity contribution in [2.75, 3.05) is 11.9 Å². The fourth-order valence-electron chi connectivity index (χ4n) is 1.20. The first-order valence-electron chi connectivity index (χ1n) is 5.13. The van der Waals surface area contributed by atoms with Crippen LogP contribution in [0.3, 0.4) is 0 Å². The van der Waals surface area contributed by atoms with E-state index >= 15 is 0 Å². The zero-order valence-electron chi connectivity index (χ0n) is 9.51. The summed E-state index contributed by atoms with van der Waals surface area (Å²) in [4.78, 5) is 11.3. The second-order valence-electron chi connectivity index (χ2n) is 3.55. The van der Waals surface area contributed by atoms with Crippen LogP contribution in [-0.4, -0.2) is 18.8 Å². The number of nitrogens with one attached hydrogen (secondary N) is 2. The van der Waals surface area contributed by atoms with E-state index in [9.17, 15) is 22.4 Å². The highest BCUT2D eigenvalue weighted by Crippen LogP contribution is 2.18. The van der Waals surface area contributed by atoms with Gasteiger partial charge in [0.1, 0.15) is 11.9 Å². The molecule has 1 aromatic rings. The first-order valence-corrected chi connectivity index (χ1v) is 5.13. The monoisotopic (exact) mass is 275 g/mol. The van der Waals surface area contributed by atoms with Gasteiger partial charge in [-0.05, 0) is 18.2 Å². The predicted octanol–water partition coefficient (Wildman–Crippen LogP) is 2.77. The molecular formula is C11H9F4N3O. The molecule has 0 aliphatic carbocycles. The van der Waals surface area contributed by atoms with Crippen molar-refractivity contribution in [3.05, 3.63) is 29.6 Å². The number of nitrogens with zero attached hydrogens (tertiary/aromatic N) is 1. The number of urea groups is 1. The van der Waals surface area contributed by atoms with E-state index in [4.69, 9.17) is 5.26 Å². The van der Waals surface area contributed by atoms with E-state index in [-0.39, 0.29) is 11.3 Å². The summed E-state index contributed by atoms with van der Waals surface area (Å²) >= 11 is 0. The molecule has 0 aromatic heterocycles. The Hall–Kier alpha value is -2.30. The Kier molecular flexibility index (Phi) is 4.69. The number of hydrogen-bond acceptors (Lipinski definition) is 2. The van der Waals surface area contributed by atoms with Gasteiger partial charge in [0.25, 0.3) is 0 Å². The average molecular weight is 275 g/mol. The summed E-state index contributed by atoms with van der Waals surface area (Å²) in [6.07, 6.45) is -5.52. The Morgan fingerprint density at radius 1 is 1.37 bits per heavy atom. The van der Waals surface area contributed by atoms with Gasteiger partial charge in [0.05, 0.1) is 17.7 Å². The number of amides is 2. The minimum absolute atomic E-state index is 0.0217. The zero-order chi connectivity index (χ0) is 14.5. The van der Waals surface area contributed by atoms with Crippen LogP contribution in [-0.2, 0) is 0 Å². The van der Waals surface area contributed by atoms with Gasteiger partial charge in [0.2, 0.25) is 0 Å². The summed E-state index contributed by atoms with van der Waals surface area (Å²) in [5.74, 6) is -0.653. The third-order valence-electron chi connectivity index (χ3n) is 2.04. The quantitative estimate of drug-likeness (QED) is 0.833. The van der Waals surface area contributed by atoms with Crippen LogP contribution >= 0.6 is 0 Å². The second kappa shape index (κ2) is 6.04. The van der Waals surface area contributed by atoms with E-state index in [1.54, 1.807) is 6.07 Å². The van der Waals surface area contributed by atoms with Gasteiger partial charge in [-0.2, -0.15) is 18.4 Å². The average Bonchev–Trinajstić information content (AvgIpc) is 2.29. The minimum atomic E-state index is -4.36. The van der Waals surface area contributed by atoms with Crippen molar-refractivity contribution < 1.29 is 22.4 Å². The molecule has 0 bridgehead atoms. The summed E-state index contributed by atoms with van der Waals surface area (Å²) < 4.78 is 48.3. The second-order valence-corrected chi connectivity index (χ2v) is 3.55. The van der Waals surface area contributed by atoms with Crippen molar-refractivity contribution in [1.82, 2.24) is 5.32 Å². The number of alkyl halides is 3. The van der Waals surface area contributed by atoms with Crippen LogP contribution in [0.2, 0.25) is 0 Å². The van der Waals surface area contributed by atoms with Crippen LogP contribution in [0.1, 0.15) is 12.0 Å². The summed E-state index contributed by atoms with van der Waals surface area (Å²) in [5, 5.41) is 12.9. The maximum Gasteiger partial charge on any atom is 0.390 e. The summed E-state index contributed by atoms with van der Waals surface area (Å²) in [6, 6.07) is 3.84. The third-order valence-corrected chi connectivity index (χ3v) is 2.04. The Labute approximate surface area is 106 Å². The molecule has 0 heterocycles. The standard InChI is InChI=1S/C11H9F4N3O/c12-8-1-2-9(7(5-8)6-16)18-10(19)17-4-3-11(13,14)15/h1-2,5H,3-4H2,(H2,17,18,19). The molecule has 0 saturated carbocycles. The molecule has 102 valence electrons. The highest BCUT2D eigenvalue weighted by molar-refractivity contribution is 5.90. The molecule has 0 saturated heterocycles. The van der Waals surface area contributed by atoms with Crippen LogP contribution < -0.4 is 10.6 Å². The van der Waals surface area contributed by atoms with Crippen LogP contribution in [0.4, 0.5) is 28.0 Å². The molecule has 0 unspecified atom stereocenters. The van der Waals surface area contributed by atoms with Crippen molar-refractivity contribution in [2.24, 2.45) is 0 Å². The van der Waals surface area contributed by atoms with E-state index in [1.807, 2.05) is 5.32 Å². The molecule has 0 radical (unpaired) electrons. The summed E-state index contributed by atoms with van der Waals surface area (Å²) in [7, 11) is 0. The van der Waals surface area contributed by atoms with Crippen molar-refractivity contribution in [3.8, 4) is 6.07 Å². The Bertz CT molecular complexity index is 508. The topological polar surface area (TPSA) is 64.9 Å². The maximum atomic E-state index is 12.8. The van der Waals surface area contributed by atoms with Gasteiger partial charge in [-0.15, -0.1) is 0 Å². The molecule has 2 amide bonds. The molecule has 0 fully saturated rings. The number of benzene rings is 1. The van der Waals surface area contributed by atoms with Gasteiger partial charge in [0, 0.05) is 6.54 Å². The molecule has 0 aliphatic rings. The van der Waals surface area contributed by atoms with E-state index in [0.717, 1.165) is 18.2 Å². The lowest BCUT2D eigenvalue weighted by molar-refractivity contribution is -0.132. The molecule has 0 spiro atoms. The SMILES string of the molecule is N#Cc1cc(F)ccc1NC(=O)NCCC(F)(F)F. The molecule has 1 aromatic carbocycles. The van der Waals surface area contributed by atoms with Gasteiger partial charge >= 0.3 is 12.2 Å². The van der Waals surface area contributed by atoms with Crippen LogP contribution in [0, 0.1) is 17.1 Å². The molecule has 8 heteroatoms. The number of halogens is 4. The van der Waals surface area contributed by atoms with Crippen molar-refractivity contribution in [1.29, 1.82) is 5.26 Å². The van der Waals surface area contributed by atoms with Crippen LogP contribution in [0.25, 0.3) is 0 Å². The Balaban J connectivity index is 2.56. The first kappa shape index (κ1) is 14.8. The van der Waals surface area contributed by atoms with E-state index < -0.39 is 31.0 Å². The third kappa shape index (κ3) is 5.25. The van der Waals surface area contributed by atoms with E-state index in [0.29, 0.717) is 0 Å². The smallest absolute Gasteiger partial charge is 0.338 e. The first-order chi connectivity index (χ1) is 8.81. The molecule has 4 nitrogen and oxygen atoms in total. The summed E-state index contributed by atoms with van der Waals surface area (Å²) in [6.45, 7) is -0.585. The lowest BCUT2D eigenvalue weighted by atomic mass is 10.2. The fourth-order valence-corrected chi connectivity index (χ4v) is 1.20. The van der Waals surface area contributed by atoms with Gasteiger partial charge in [-0.1, -0.05) is 0 Å². The zero-order valence-corrected chi connectivity index (χ0v) is 9.51. The number of hydrogen-bond donors (Lipinski definition) is 2. The minimum Gasteiger partial charge on any atom is -0.338 e. The molecule has 0 atom stereocenters. The van der Waals surface area contributed by atoms with E-state index in [1.165, 1.54) is 0 Å². The molecule has 0 aliphatic heterocycles. The number of carbonyl (C=O) groups is 1. The molecule has 1 rings (SSSR count). The van der Waals surface area contributed by atoms with Gasteiger partial charge < -0.3 is 10.6 Å². The molecule has 19 heavy (non-hydrogen) atoms. The van der Waals surface area contributed by atoms with Gasteiger partial charge in [0.15, 0.2) is 0 Å². The van der Waals surface area contributed by atoms with Gasteiger partial charge in [-0.3, -0.25) is 0 Å². The van der Waals surface area contributed by atoms with Crippen molar-refractivity contribution in [2.45, 2.75) is 12.6 Å². The highest BCUT2D eigenvalue weighted by Gasteiger charge is 2.26. The number of anilines is 1. The van der Waals surface area contributed by atoms with Gasteiger partial charge in [-0.25, -0.2) is 9.18 Å². The van der Waals surface area contributed by atoms with E-state index in [2.05, 4.69) is 5.32 Å². The van der Waals surface area contributed by atoms with Crippen LogP contribution in [0.5, 0.6) is 0 Å². The normalized spacial score (nSPS) is 10.7. The molecule has 2 N–H and O–H groups in total. The maximum absolute atomic E-state index is 12.8. The van der Waals surface area contributed by atoms with Crippen molar-refractivity contribution in [3.63, 3.8) is 0 Å².